The van der Waals surface area contributed by atoms with Crippen molar-refractivity contribution >= 4 is 16.9 Å². The zero-order valence-corrected chi connectivity index (χ0v) is 12.7. The zero-order valence-electron chi connectivity index (χ0n) is 12.7. The molecular weight excluding hydrogens is 297 g/mol. The molecule has 23 heavy (non-hydrogen) atoms. The van der Waals surface area contributed by atoms with E-state index in [0.717, 1.165) is 25.7 Å². The average molecular weight is 315 g/mol. The topological polar surface area (TPSA) is 55.3 Å². The van der Waals surface area contributed by atoms with Gasteiger partial charge in [0.1, 0.15) is 5.82 Å². The molecule has 0 spiro atoms. The fraction of sp³-hybridized carbons (Fsp3) is 0.471. The van der Waals surface area contributed by atoms with E-state index in [1.807, 2.05) is 0 Å². The van der Waals surface area contributed by atoms with Crippen molar-refractivity contribution < 1.29 is 13.9 Å². The SMILES string of the molecule is O=C(c1cc2nccnc2cc1F)N1CCO[C@@H]2CCCC[C@@H]21. The first-order valence-electron chi connectivity index (χ1n) is 8.07. The van der Waals surface area contributed by atoms with Gasteiger partial charge >= 0.3 is 0 Å². The summed E-state index contributed by atoms with van der Waals surface area (Å²) in [7, 11) is 0. The molecule has 1 saturated carbocycles. The van der Waals surface area contributed by atoms with Gasteiger partial charge in [-0.15, -0.1) is 0 Å². The van der Waals surface area contributed by atoms with Crippen LogP contribution in [0.25, 0.3) is 11.0 Å². The standard InChI is InChI=1S/C17H18FN3O2/c18-12-10-14-13(19-5-6-20-14)9-11(12)17(22)21-7-8-23-16-4-2-1-3-15(16)21/h5-6,9-10,15-16H,1-4,7-8H2/t15-,16+/m0/s1. The minimum Gasteiger partial charge on any atom is -0.374 e. The lowest BCUT2D eigenvalue weighted by Crippen LogP contribution is -2.55. The van der Waals surface area contributed by atoms with Crippen LogP contribution >= 0.6 is 0 Å². The van der Waals surface area contributed by atoms with Crippen molar-refractivity contribution in [3.8, 4) is 0 Å². The van der Waals surface area contributed by atoms with Gasteiger partial charge in [-0.2, -0.15) is 0 Å². The maximum Gasteiger partial charge on any atom is 0.257 e. The van der Waals surface area contributed by atoms with Gasteiger partial charge in [0.25, 0.3) is 5.91 Å². The minimum absolute atomic E-state index is 0.0574. The van der Waals surface area contributed by atoms with Gasteiger partial charge < -0.3 is 9.64 Å². The van der Waals surface area contributed by atoms with Gasteiger partial charge in [0.05, 0.1) is 35.3 Å². The summed E-state index contributed by atoms with van der Waals surface area (Å²) in [6.45, 7) is 1.03. The molecule has 1 aromatic heterocycles. The lowest BCUT2D eigenvalue weighted by Gasteiger charge is -2.43. The molecule has 1 aliphatic carbocycles. The van der Waals surface area contributed by atoms with Crippen LogP contribution in [0.15, 0.2) is 24.5 Å². The van der Waals surface area contributed by atoms with Crippen molar-refractivity contribution in [1.82, 2.24) is 14.9 Å². The van der Waals surface area contributed by atoms with E-state index < -0.39 is 5.82 Å². The molecule has 0 radical (unpaired) electrons. The van der Waals surface area contributed by atoms with Gasteiger partial charge in [0.2, 0.25) is 0 Å². The van der Waals surface area contributed by atoms with E-state index in [2.05, 4.69) is 9.97 Å². The number of ether oxygens (including phenoxy) is 1. The van der Waals surface area contributed by atoms with Gasteiger partial charge in [-0.25, -0.2) is 4.39 Å². The zero-order chi connectivity index (χ0) is 15.8. The van der Waals surface area contributed by atoms with Crippen molar-refractivity contribution in [2.24, 2.45) is 0 Å². The molecule has 1 saturated heterocycles. The predicted molar refractivity (Wildman–Crippen MR) is 82.5 cm³/mol. The Kier molecular flexibility index (Phi) is 3.69. The van der Waals surface area contributed by atoms with Crippen LogP contribution in [-0.2, 0) is 4.74 Å². The normalized spacial score (nSPS) is 24.5. The second kappa shape index (κ2) is 5.85. The van der Waals surface area contributed by atoms with Gasteiger partial charge in [0, 0.05) is 25.0 Å². The minimum atomic E-state index is -0.540. The highest BCUT2D eigenvalue weighted by Crippen LogP contribution is 2.30. The monoisotopic (exact) mass is 315 g/mol. The summed E-state index contributed by atoms with van der Waals surface area (Å²) in [5.74, 6) is -0.808. The highest BCUT2D eigenvalue weighted by Gasteiger charge is 2.37. The second-order valence-electron chi connectivity index (χ2n) is 6.14. The number of carbonyl (C=O) groups excluding carboxylic acids is 1. The lowest BCUT2D eigenvalue weighted by atomic mass is 9.89. The summed E-state index contributed by atoms with van der Waals surface area (Å²) in [5, 5.41) is 0. The number of carbonyl (C=O) groups is 1. The number of morpholine rings is 1. The Balaban J connectivity index is 1.69. The number of hydrogen-bond acceptors (Lipinski definition) is 4. The van der Waals surface area contributed by atoms with Gasteiger partial charge in [0.15, 0.2) is 0 Å². The number of benzene rings is 1. The molecule has 0 N–H and O–H groups in total. The first-order chi connectivity index (χ1) is 11.2. The van der Waals surface area contributed by atoms with Crippen LogP contribution in [-0.4, -0.2) is 46.1 Å². The van der Waals surface area contributed by atoms with Gasteiger partial charge in [-0.3, -0.25) is 14.8 Å². The van der Waals surface area contributed by atoms with Crippen LogP contribution in [0.1, 0.15) is 36.0 Å². The summed E-state index contributed by atoms with van der Waals surface area (Å²) in [5.41, 5.74) is 1.06. The summed E-state index contributed by atoms with van der Waals surface area (Å²) in [4.78, 5) is 22.9. The first kappa shape index (κ1) is 14.5. The number of nitrogens with zero attached hydrogens (tertiary/aromatic N) is 3. The van der Waals surface area contributed by atoms with Crippen LogP contribution < -0.4 is 0 Å². The van der Waals surface area contributed by atoms with E-state index in [-0.39, 0.29) is 23.6 Å². The van der Waals surface area contributed by atoms with Crippen LogP contribution in [0.2, 0.25) is 0 Å². The fourth-order valence-corrected chi connectivity index (χ4v) is 3.65. The molecular formula is C17H18FN3O2. The smallest absolute Gasteiger partial charge is 0.257 e. The molecule has 6 heteroatoms. The number of aromatic nitrogens is 2. The molecule has 0 unspecified atom stereocenters. The molecule has 4 rings (SSSR count). The third kappa shape index (κ3) is 2.57. The molecule has 120 valence electrons. The Morgan fingerprint density at radius 2 is 1.91 bits per heavy atom. The van der Waals surface area contributed by atoms with Crippen LogP contribution in [0.5, 0.6) is 0 Å². The first-order valence-corrected chi connectivity index (χ1v) is 8.07. The molecule has 5 nitrogen and oxygen atoms in total. The molecule has 2 aliphatic rings. The summed E-state index contributed by atoms with van der Waals surface area (Å²) in [6.07, 6.45) is 7.25. The van der Waals surface area contributed by atoms with E-state index in [1.165, 1.54) is 18.3 Å². The Bertz CT molecular complexity index is 750. The molecule has 1 aromatic carbocycles. The molecule has 1 aliphatic heterocycles. The summed E-state index contributed by atoms with van der Waals surface area (Å²) >= 11 is 0. The molecule has 2 heterocycles. The van der Waals surface area contributed by atoms with E-state index in [1.54, 1.807) is 11.1 Å². The van der Waals surface area contributed by atoms with E-state index in [4.69, 9.17) is 4.74 Å². The number of halogens is 1. The Labute approximate surface area is 133 Å². The molecule has 1 amide bonds. The number of fused-ring (bicyclic) bond motifs is 2. The van der Waals surface area contributed by atoms with Crippen molar-refractivity contribution in [2.75, 3.05) is 13.2 Å². The maximum absolute atomic E-state index is 14.4. The van der Waals surface area contributed by atoms with Crippen molar-refractivity contribution in [1.29, 1.82) is 0 Å². The number of rotatable bonds is 1. The quantitative estimate of drug-likeness (QED) is 0.811. The Hall–Kier alpha value is -2.08. The molecule has 0 bridgehead atoms. The maximum atomic E-state index is 14.4. The average Bonchev–Trinajstić information content (AvgIpc) is 2.60. The van der Waals surface area contributed by atoms with Crippen LogP contribution in [0.3, 0.4) is 0 Å². The summed E-state index contributed by atoms with van der Waals surface area (Å²) in [6, 6.07) is 2.85. The van der Waals surface area contributed by atoms with Crippen molar-refractivity contribution in [3.63, 3.8) is 0 Å². The van der Waals surface area contributed by atoms with Crippen LogP contribution in [0, 0.1) is 5.82 Å². The predicted octanol–water partition coefficient (Wildman–Crippen LogP) is 2.55. The van der Waals surface area contributed by atoms with Crippen molar-refractivity contribution in [3.05, 3.63) is 35.9 Å². The fourth-order valence-electron chi connectivity index (χ4n) is 3.65. The highest BCUT2D eigenvalue weighted by atomic mass is 19.1. The van der Waals surface area contributed by atoms with Crippen molar-refractivity contribution in [2.45, 2.75) is 37.8 Å². The van der Waals surface area contributed by atoms with Crippen LogP contribution in [0.4, 0.5) is 4.39 Å². The Morgan fingerprint density at radius 1 is 1.17 bits per heavy atom. The van der Waals surface area contributed by atoms with Gasteiger partial charge in [-0.05, 0) is 18.9 Å². The van der Waals surface area contributed by atoms with Gasteiger partial charge in [-0.1, -0.05) is 12.8 Å². The van der Waals surface area contributed by atoms with E-state index in [9.17, 15) is 9.18 Å². The lowest BCUT2D eigenvalue weighted by molar-refractivity contribution is -0.0753. The third-order valence-corrected chi connectivity index (χ3v) is 4.78. The summed E-state index contributed by atoms with van der Waals surface area (Å²) < 4.78 is 20.2. The third-order valence-electron chi connectivity index (χ3n) is 4.78. The largest absolute Gasteiger partial charge is 0.374 e. The van der Waals surface area contributed by atoms with E-state index >= 15 is 0 Å². The van der Waals surface area contributed by atoms with E-state index in [0.29, 0.717) is 24.2 Å². The Morgan fingerprint density at radius 3 is 2.74 bits per heavy atom. The molecule has 2 aromatic rings. The molecule has 2 atom stereocenters. The second-order valence-corrected chi connectivity index (χ2v) is 6.14. The highest BCUT2D eigenvalue weighted by molar-refractivity contribution is 5.97. The number of hydrogen-bond donors (Lipinski definition) is 0. The molecule has 2 fully saturated rings. The number of amides is 1.